The summed E-state index contributed by atoms with van der Waals surface area (Å²) in [6.07, 6.45) is 0. The number of aryl methyl sites for hydroxylation is 1. The molecule has 2 aromatic rings. The van der Waals surface area contributed by atoms with Crippen molar-refractivity contribution < 1.29 is 12.3 Å². The third-order valence-corrected chi connectivity index (χ3v) is 4.79. The molecule has 120 valence electrons. The summed E-state index contributed by atoms with van der Waals surface area (Å²) >= 11 is 1.04. The topological polar surface area (TPSA) is 30.9 Å². The Labute approximate surface area is 154 Å². The molecule has 0 saturated carbocycles. The normalized spacial score (nSPS) is 24.7. The Balaban J connectivity index is 1.86. The molecule has 4 rings (SSSR count). The lowest BCUT2D eigenvalue weighted by Crippen LogP contribution is -2.47. The van der Waals surface area contributed by atoms with Crippen molar-refractivity contribution in [1.29, 1.82) is 0 Å². The molecule has 4 nitrogen and oxygen atoms in total. The molecular formula is C18H22N4S. The number of benzene rings is 1. The predicted molar refractivity (Wildman–Crippen MR) is 98.8 cm³/mol. The first-order valence-electron chi connectivity index (χ1n) is 11.9. The summed E-state index contributed by atoms with van der Waals surface area (Å²) in [7, 11) is 0. The standard InChI is InChI=1S/C18H22N4S/c1-12-4-5-15-16(10-12)20-18-14(11-13(2)23-18)17(19-15)22-8-6-21(3)7-9-22/h4-5,10-11,20H,6-9H2,1-3H3/i2D3,3D3,4D,5D,10D. The molecule has 23 heavy (non-hydrogen) atoms. The lowest BCUT2D eigenvalue weighted by molar-refractivity contribution is 0.216. The van der Waals surface area contributed by atoms with E-state index in [1.165, 1.54) is 4.90 Å². The van der Waals surface area contributed by atoms with Gasteiger partial charge in [-0.3, -0.25) is 0 Å². The van der Waals surface area contributed by atoms with E-state index in [1.807, 2.05) is 4.90 Å². The summed E-state index contributed by atoms with van der Waals surface area (Å²) in [6.45, 7) is -1.67. The summed E-state index contributed by atoms with van der Waals surface area (Å²) in [6, 6.07) is 1.38. The summed E-state index contributed by atoms with van der Waals surface area (Å²) < 4.78 is 71.3. The van der Waals surface area contributed by atoms with Crippen LogP contribution in [-0.4, -0.2) is 48.8 Å². The number of fused-ring (bicyclic) bond motifs is 2. The van der Waals surface area contributed by atoms with Crippen LogP contribution >= 0.6 is 11.3 Å². The molecule has 0 atom stereocenters. The molecule has 1 fully saturated rings. The Morgan fingerprint density at radius 3 is 2.96 bits per heavy atom. The average molecular weight is 336 g/mol. The van der Waals surface area contributed by atoms with Gasteiger partial charge in [-0.15, -0.1) is 11.3 Å². The highest BCUT2D eigenvalue weighted by atomic mass is 32.1. The van der Waals surface area contributed by atoms with Crippen LogP contribution in [0.4, 0.5) is 16.4 Å². The van der Waals surface area contributed by atoms with E-state index in [9.17, 15) is 0 Å². The van der Waals surface area contributed by atoms with Crippen LogP contribution in [0.5, 0.6) is 0 Å². The van der Waals surface area contributed by atoms with Gasteiger partial charge in [0, 0.05) is 39.3 Å². The third-order valence-electron chi connectivity index (χ3n) is 3.93. The Kier molecular flexibility index (Phi) is 1.92. The molecule has 2 aliphatic heterocycles. The minimum atomic E-state index is -2.32. The molecule has 0 amide bonds. The number of amidine groups is 1. The van der Waals surface area contributed by atoms with Crippen molar-refractivity contribution >= 4 is 33.5 Å². The molecule has 0 bridgehead atoms. The zero-order valence-corrected chi connectivity index (χ0v) is 13.5. The number of aliphatic imine (C=N–C) groups is 1. The van der Waals surface area contributed by atoms with Crippen molar-refractivity contribution in [3.8, 4) is 0 Å². The molecule has 0 aliphatic carbocycles. The summed E-state index contributed by atoms with van der Waals surface area (Å²) in [5.41, 5.74) is 1.28. The quantitative estimate of drug-likeness (QED) is 0.795. The average Bonchev–Trinajstić information content (AvgIpc) is 3.07. The van der Waals surface area contributed by atoms with E-state index >= 15 is 0 Å². The van der Waals surface area contributed by atoms with Gasteiger partial charge < -0.3 is 15.1 Å². The van der Waals surface area contributed by atoms with Crippen LogP contribution in [0.3, 0.4) is 0 Å². The molecule has 1 N–H and O–H groups in total. The van der Waals surface area contributed by atoms with Crippen LogP contribution in [0.25, 0.3) is 0 Å². The second-order valence-electron chi connectivity index (χ2n) is 5.61. The van der Waals surface area contributed by atoms with Crippen molar-refractivity contribution in [2.45, 2.75) is 13.8 Å². The van der Waals surface area contributed by atoms with Crippen LogP contribution < -0.4 is 5.32 Å². The fraction of sp³-hybridized carbons (Fsp3) is 0.389. The van der Waals surface area contributed by atoms with Gasteiger partial charge in [0.15, 0.2) is 0 Å². The van der Waals surface area contributed by atoms with E-state index in [-0.39, 0.29) is 47.5 Å². The molecule has 0 spiro atoms. The fourth-order valence-electron chi connectivity index (χ4n) is 2.76. The monoisotopic (exact) mass is 335 g/mol. The number of likely N-dealkylation sites (N-methyl/N-ethyl adjacent to an activating group) is 1. The van der Waals surface area contributed by atoms with Gasteiger partial charge in [0.1, 0.15) is 10.8 Å². The van der Waals surface area contributed by atoms with Crippen molar-refractivity contribution in [3.63, 3.8) is 0 Å². The second-order valence-corrected chi connectivity index (χ2v) is 6.66. The highest BCUT2D eigenvalue weighted by molar-refractivity contribution is 7.16. The van der Waals surface area contributed by atoms with E-state index in [1.54, 1.807) is 13.0 Å². The number of nitrogens with zero attached hydrogens (tertiary/aromatic N) is 3. The zero-order valence-electron chi connectivity index (χ0n) is 21.7. The van der Waals surface area contributed by atoms with Gasteiger partial charge in [-0.2, -0.15) is 0 Å². The SMILES string of the molecule is [2H]c1c([2H])c2c(c([2H])c1C)Nc1sc(C([2H])([2H])[2H])cc1C(N1CCN(C([2H])([2H])[2H])CC1)=N2. The van der Waals surface area contributed by atoms with Crippen LogP contribution in [0.15, 0.2) is 29.2 Å². The van der Waals surface area contributed by atoms with Gasteiger partial charge >= 0.3 is 0 Å². The first-order valence-corrected chi connectivity index (χ1v) is 8.21. The number of hydrogen-bond donors (Lipinski definition) is 1. The Morgan fingerprint density at radius 1 is 1.30 bits per heavy atom. The third kappa shape index (κ3) is 2.75. The molecule has 1 aromatic carbocycles. The number of rotatable bonds is 0. The van der Waals surface area contributed by atoms with E-state index in [4.69, 9.17) is 12.3 Å². The molecular weight excluding hydrogens is 304 g/mol. The van der Waals surface area contributed by atoms with Gasteiger partial charge in [0.05, 0.1) is 21.1 Å². The van der Waals surface area contributed by atoms with Gasteiger partial charge in [-0.25, -0.2) is 4.99 Å². The first-order chi connectivity index (χ1) is 14.8. The maximum atomic E-state index is 8.46. The van der Waals surface area contributed by atoms with Gasteiger partial charge in [-0.05, 0) is 44.5 Å². The number of piperazine rings is 1. The Hall–Kier alpha value is -1.85. The molecule has 0 radical (unpaired) electrons. The van der Waals surface area contributed by atoms with E-state index in [0.717, 1.165) is 11.3 Å². The zero-order chi connectivity index (χ0) is 23.6. The van der Waals surface area contributed by atoms with Gasteiger partial charge in [-0.1, -0.05) is 6.04 Å². The Morgan fingerprint density at radius 2 is 2.17 bits per heavy atom. The molecule has 1 aromatic heterocycles. The summed E-state index contributed by atoms with van der Waals surface area (Å²) in [4.78, 5) is 8.11. The number of hydrogen-bond acceptors (Lipinski definition) is 5. The minimum Gasteiger partial charge on any atom is -0.353 e. The molecule has 5 heteroatoms. The van der Waals surface area contributed by atoms with Crippen molar-refractivity contribution in [3.05, 3.63) is 40.2 Å². The summed E-state index contributed by atoms with van der Waals surface area (Å²) in [5, 5.41) is 3.61. The van der Waals surface area contributed by atoms with Crippen LogP contribution in [0, 0.1) is 13.8 Å². The predicted octanol–water partition coefficient (Wildman–Crippen LogP) is 3.75. The van der Waals surface area contributed by atoms with Crippen LogP contribution in [0.2, 0.25) is 0 Å². The molecule has 0 unspecified atom stereocenters. The molecule has 1 saturated heterocycles. The van der Waals surface area contributed by atoms with Crippen molar-refractivity contribution in [2.24, 2.45) is 4.99 Å². The maximum Gasteiger partial charge on any atom is 0.139 e. The van der Waals surface area contributed by atoms with Crippen molar-refractivity contribution in [2.75, 3.05) is 38.5 Å². The highest BCUT2D eigenvalue weighted by Crippen LogP contribution is 2.39. The maximum absolute atomic E-state index is 8.46. The smallest absolute Gasteiger partial charge is 0.139 e. The number of nitrogens with one attached hydrogen (secondary N) is 1. The molecule has 2 aliphatic rings. The lowest BCUT2D eigenvalue weighted by Gasteiger charge is -2.34. The largest absolute Gasteiger partial charge is 0.353 e. The minimum absolute atomic E-state index is 0.0352. The second kappa shape index (κ2) is 5.65. The fourth-order valence-corrected chi connectivity index (χ4v) is 3.57. The number of thiophene rings is 1. The highest BCUT2D eigenvalue weighted by Gasteiger charge is 2.25. The van der Waals surface area contributed by atoms with Crippen molar-refractivity contribution in [1.82, 2.24) is 9.80 Å². The van der Waals surface area contributed by atoms with Crippen LogP contribution in [0.1, 0.15) is 28.3 Å². The van der Waals surface area contributed by atoms with Gasteiger partial charge in [0.25, 0.3) is 0 Å². The lowest BCUT2D eigenvalue weighted by atomic mass is 10.2. The van der Waals surface area contributed by atoms with E-state index in [2.05, 4.69) is 10.3 Å². The summed E-state index contributed by atoms with van der Waals surface area (Å²) in [5.74, 6) is 0.416. The first kappa shape index (κ1) is 7.81. The van der Waals surface area contributed by atoms with Gasteiger partial charge in [0.2, 0.25) is 0 Å². The van der Waals surface area contributed by atoms with Crippen LogP contribution in [-0.2, 0) is 0 Å². The number of anilines is 2. The van der Waals surface area contributed by atoms with E-state index < -0.39 is 13.8 Å². The Bertz CT molecular complexity index is 1100. The van der Waals surface area contributed by atoms with E-state index in [0.29, 0.717) is 35.1 Å². The molecule has 3 heterocycles.